The van der Waals surface area contributed by atoms with Gasteiger partial charge in [-0.3, -0.25) is 4.79 Å². The normalized spacial score (nSPS) is 19.3. The van der Waals surface area contributed by atoms with Crippen LogP contribution >= 0.6 is 12.4 Å². The van der Waals surface area contributed by atoms with Gasteiger partial charge < -0.3 is 16.0 Å². The summed E-state index contributed by atoms with van der Waals surface area (Å²) in [5, 5.41) is 2.93. The van der Waals surface area contributed by atoms with Crippen molar-refractivity contribution in [3.05, 3.63) is 0 Å². The van der Waals surface area contributed by atoms with Crippen LogP contribution < -0.4 is 11.1 Å². The number of rotatable bonds is 1. The van der Waals surface area contributed by atoms with Crippen molar-refractivity contribution < 1.29 is 18.0 Å². The van der Waals surface area contributed by atoms with E-state index in [1.165, 1.54) is 0 Å². The first-order valence-electron chi connectivity index (χ1n) is 4.24. The predicted molar refractivity (Wildman–Crippen MR) is 50.7 cm³/mol. The van der Waals surface area contributed by atoms with E-state index in [9.17, 15) is 18.0 Å². The standard InChI is InChI=1S/C7H12F3N3O.ClH/c8-7(9,10)5(11)6(14)13-3-1-12-2-4-13;/h5,12H,1-4,11H2;1H. The molecule has 0 aromatic carbocycles. The molecule has 1 saturated heterocycles. The molecule has 1 atom stereocenters. The molecule has 1 heterocycles. The summed E-state index contributed by atoms with van der Waals surface area (Å²) in [6.45, 7) is 1.58. The lowest BCUT2D eigenvalue weighted by atomic mass is 10.2. The summed E-state index contributed by atoms with van der Waals surface area (Å²) in [4.78, 5) is 12.3. The fourth-order valence-electron chi connectivity index (χ4n) is 1.22. The highest BCUT2D eigenvalue weighted by atomic mass is 35.5. The van der Waals surface area contributed by atoms with Gasteiger partial charge in [0.05, 0.1) is 0 Å². The molecule has 0 saturated carbocycles. The molecular weight excluding hydrogens is 235 g/mol. The molecule has 0 aromatic heterocycles. The number of piperazine rings is 1. The van der Waals surface area contributed by atoms with E-state index in [-0.39, 0.29) is 25.5 Å². The minimum atomic E-state index is -4.65. The van der Waals surface area contributed by atoms with Crippen LogP contribution in [0.5, 0.6) is 0 Å². The van der Waals surface area contributed by atoms with Gasteiger partial charge in [-0.25, -0.2) is 0 Å². The third kappa shape index (κ3) is 3.84. The molecule has 1 amide bonds. The first-order chi connectivity index (χ1) is 6.43. The van der Waals surface area contributed by atoms with E-state index < -0.39 is 18.1 Å². The number of hydrogen-bond donors (Lipinski definition) is 2. The van der Waals surface area contributed by atoms with E-state index in [2.05, 4.69) is 5.32 Å². The molecule has 1 aliphatic heterocycles. The minimum Gasteiger partial charge on any atom is -0.339 e. The Morgan fingerprint density at radius 3 is 2.20 bits per heavy atom. The van der Waals surface area contributed by atoms with Crippen molar-refractivity contribution >= 4 is 18.3 Å². The molecule has 1 fully saturated rings. The monoisotopic (exact) mass is 247 g/mol. The van der Waals surface area contributed by atoms with E-state index in [4.69, 9.17) is 5.73 Å². The van der Waals surface area contributed by atoms with Crippen molar-refractivity contribution in [2.24, 2.45) is 5.73 Å². The highest BCUT2D eigenvalue weighted by Gasteiger charge is 2.43. The lowest BCUT2D eigenvalue weighted by molar-refractivity contribution is -0.170. The quantitative estimate of drug-likeness (QED) is 0.671. The van der Waals surface area contributed by atoms with E-state index >= 15 is 0 Å². The van der Waals surface area contributed by atoms with Gasteiger partial charge in [0, 0.05) is 26.2 Å². The van der Waals surface area contributed by atoms with E-state index in [0.717, 1.165) is 4.90 Å². The van der Waals surface area contributed by atoms with E-state index in [1.807, 2.05) is 0 Å². The van der Waals surface area contributed by atoms with E-state index in [0.29, 0.717) is 13.1 Å². The molecule has 4 nitrogen and oxygen atoms in total. The predicted octanol–water partition coefficient (Wildman–Crippen LogP) is -0.270. The molecule has 0 bridgehead atoms. The van der Waals surface area contributed by atoms with Gasteiger partial charge in [-0.05, 0) is 0 Å². The van der Waals surface area contributed by atoms with Crippen molar-refractivity contribution in [3.63, 3.8) is 0 Å². The number of hydrogen-bond acceptors (Lipinski definition) is 3. The van der Waals surface area contributed by atoms with Crippen LogP contribution in [-0.4, -0.2) is 49.2 Å². The molecule has 0 aromatic rings. The SMILES string of the molecule is Cl.NC(C(=O)N1CCNCC1)C(F)(F)F. The van der Waals surface area contributed by atoms with Crippen LogP contribution in [0.3, 0.4) is 0 Å². The largest absolute Gasteiger partial charge is 0.412 e. The number of nitrogens with two attached hydrogens (primary N) is 1. The Morgan fingerprint density at radius 1 is 1.33 bits per heavy atom. The number of nitrogens with zero attached hydrogens (tertiary/aromatic N) is 1. The lowest BCUT2D eigenvalue weighted by Gasteiger charge is -2.30. The summed E-state index contributed by atoms with van der Waals surface area (Å²) in [5.41, 5.74) is 4.79. The Bertz CT molecular complexity index is 218. The van der Waals surface area contributed by atoms with Gasteiger partial charge in [-0.2, -0.15) is 13.2 Å². The first kappa shape index (κ1) is 14.5. The molecule has 15 heavy (non-hydrogen) atoms. The number of halogens is 4. The summed E-state index contributed by atoms with van der Waals surface area (Å²) in [5.74, 6) is -1.04. The summed E-state index contributed by atoms with van der Waals surface area (Å²) in [6, 6.07) is -2.39. The maximum absolute atomic E-state index is 12.1. The maximum atomic E-state index is 12.1. The van der Waals surface area contributed by atoms with Gasteiger partial charge in [0.2, 0.25) is 5.91 Å². The van der Waals surface area contributed by atoms with Crippen molar-refractivity contribution in [1.82, 2.24) is 10.2 Å². The maximum Gasteiger partial charge on any atom is 0.412 e. The molecule has 0 spiro atoms. The van der Waals surface area contributed by atoms with Gasteiger partial charge in [0.1, 0.15) is 0 Å². The molecule has 1 unspecified atom stereocenters. The zero-order chi connectivity index (χ0) is 10.8. The van der Waals surface area contributed by atoms with Crippen LogP contribution in [0.1, 0.15) is 0 Å². The van der Waals surface area contributed by atoms with Crippen molar-refractivity contribution in [3.8, 4) is 0 Å². The molecule has 0 radical (unpaired) electrons. The van der Waals surface area contributed by atoms with Crippen LogP contribution in [0.2, 0.25) is 0 Å². The topological polar surface area (TPSA) is 58.4 Å². The Kier molecular flexibility index (Phi) is 5.33. The second-order valence-electron chi connectivity index (χ2n) is 3.09. The number of amides is 1. The Labute approximate surface area is 91.4 Å². The van der Waals surface area contributed by atoms with Crippen molar-refractivity contribution in [2.75, 3.05) is 26.2 Å². The summed E-state index contributed by atoms with van der Waals surface area (Å²) in [6.07, 6.45) is -4.65. The van der Waals surface area contributed by atoms with Crippen LogP contribution in [0.25, 0.3) is 0 Å². The third-order valence-corrected chi connectivity index (χ3v) is 2.05. The number of alkyl halides is 3. The Balaban J connectivity index is 0.00000196. The number of carbonyl (C=O) groups excluding carboxylic acids is 1. The fourth-order valence-corrected chi connectivity index (χ4v) is 1.22. The number of carbonyl (C=O) groups is 1. The molecular formula is C7H13ClF3N3O. The van der Waals surface area contributed by atoms with Gasteiger partial charge in [-0.1, -0.05) is 0 Å². The van der Waals surface area contributed by atoms with Crippen LogP contribution in [0.15, 0.2) is 0 Å². The summed E-state index contributed by atoms with van der Waals surface area (Å²) >= 11 is 0. The van der Waals surface area contributed by atoms with E-state index in [1.54, 1.807) is 0 Å². The summed E-state index contributed by atoms with van der Waals surface area (Å²) in [7, 11) is 0. The average Bonchev–Trinajstić information content (AvgIpc) is 2.15. The molecule has 1 aliphatic rings. The lowest BCUT2D eigenvalue weighted by Crippen LogP contribution is -2.56. The smallest absolute Gasteiger partial charge is 0.339 e. The van der Waals surface area contributed by atoms with Gasteiger partial charge in [-0.15, -0.1) is 12.4 Å². The van der Waals surface area contributed by atoms with Crippen LogP contribution in [0, 0.1) is 0 Å². The fraction of sp³-hybridized carbons (Fsp3) is 0.857. The Hall–Kier alpha value is -0.530. The number of nitrogens with one attached hydrogen (secondary N) is 1. The molecule has 3 N–H and O–H groups in total. The zero-order valence-corrected chi connectivity index (χ0v) is 8.70. The van der Waals surface area contributed by atoms with Gasteiger partial charge in [0.15, 0.2) is 6.04 Å². The van der Waals surface area contributed by atoms with Crippen molar-refractivity contribution in [1.29, 1.82) is 0 Å². The second-order valence-corrected chi connectivity index (χ2v) is 3.09. The van der Waals surface area contributed by atoms with Crippen molar-refractivity contribution in [2.45, 2.75) is 12.2 Å². The molecule has 90 valence electrons. The molecule has 8 heteroatoms. The first-order valence-corrected chi connectivity index (χ1v) is 4.24. The second kappa shape index (κ2) is 5.53. The highest BCUT2D eigenvalue weighted by molar-refractivity contribution is 5.85. The third-order valence-electron chi connectivity index (χ3n) is 2.05. The molecule has 0 aliphatic carbocycles. The molecule has 1 rings (SSSR count). The van der Waals surface area contributed by atoms with Gasteiger partial charge in [0.25, 0.3) is 0 Å². The Morgan fingerprint density at radius 2 is 1.80 bits per heavy atom. The van der Waals surface area contributed by atoms with Gasteiger partial charge >= 0.3 is 6.18 Å². The summed E-state index contributed by atoms with van der Waals surface area (Å²) < 4.78 is 36.2. The average molecular weight is 248 g/mol. The highest BCUT2D eigenvalue weighted by Crippen LogP contribution is 2.20. The van der Waals surface area contributed by atoms with Crippen LogP contribution in [0.4, 0.5) is 13.2 Å². The minimum absolute atomic E-state index is 0. The zero-order valence-electron chi connectivity index (χ0n) is 7.88. The van der Waals surface area contributed by atoms with Crippen LogP contribution in [-0.2, 0) is 4.79 Å².